The lowest BCUT2D eigenvalue weighted by Gasteiger charge is -2.20. The summed E-state index contributed by atoms with van der Waals surface area (Å²) < 4.78 is 5.20. The van der Waals surface area contributed by atoms with E-state index in [9.17, 15) is 14.7 Å². The molecule has 1 atom stereocenters. The highest BCUT2D eigenvalue weighted by Crippen LogP contribution is 2.27. The maximum atomic E-state index is 12.9. The molecule has 3 aromatic rings. The summed E-state index contributed by atoms with van der Waals surface area (Å²) >= 11 is 5.99. The van der Waals surface area contributed by atoms with Gasteiger partial charge in [-0.1, -0.05) is 59.2 Å². The minimum absolute atomic E-state index is 0.256. The van der Waals surface area contributed by atoms with Crippen molar-refractivity contribution in [2.45, 2.75) is 19.4 Å². The number of hydrogen-bond acceptors (Lipinski definition) is 5. The maximum Gasteiger partial charge on any atom is 0.257 e. The Morgan fingerprint density at radius 2 is 1.93 bits per heavy atom. The Morgan fingerprint density at radius 1 is 1.19 bits per heavy atom. The van der Waals surface area contributed by atoms with E-state index in [0.29, 0.717) is 22.0 Å². The van der Waals surface area contributed by atoms with Gasteiger partial charge in [0, 0.05) is 23.0 Å². The van der Waals surface area contributed by atoms with Gasteiger partial charge in [-0.05, 0) is 24.6 Å². The van der Waals surface area contributed by atoms with Crippen molar-refractivity contribution in [2.24, 2.45) is 0 Å². The van der Waals surface area contributed by atoms with Crippen LogP contribution in [0.4, 0.5) is 0 Å². The van der Waals surface area contributed by atoms with Gasteiger partial charge in [-0.15, -0.1) is 0 Å². The first-order valence-electron chi connectivity index (χ1n) is 8.23. The molecule has 0 aliphatic carbocycles. The quantitative estimate of drug-likeness (QED) is 0.706. The number of nitrogens with zero attached hydrogens (tertiary/aromatic N) is 1. The highest BCUT2D eigenvalue weighted by Gasteiger charge is 2.24. The molecular formula is C20H16ClN2O4-. The summed E-state index contributed by atoms with van der Waals surface area (Å²) in [5.41, 5.74) is 1.93. The van der Waals surface area contributed by atoms with Gasteiger partial charge in [0.1, 0.15) is 17.0 Å². The second-order valence-electron chi connectivity index (χ2n) is 5.99. The summed E-state index contributed by atoms with van der Waals surface area (Å²) in [7, 11) is 0. The molecule has 1 amide bonds. The number of carbonyl (C=O) groups excluding carboxylic acids is 2. The predicted molar refractivity (Wildman–Crippen MR) is 98.0 cm³/mol. The molecule has 2 aromatic carbocycles. The Morgan fingerprint density at radius 3 is 2.59 bits per heavy atom. The van der Waals surface area contributed by atoms with Gasteiger partial charge in [-0.3, -0.25) is 4.79 Å². The Kier molecular flexibility index (Phi) is 5.57. The molecule has 0 radical (unpaired) electrons. The Hall–Kier alpha value is -3.12. The summed E-state index contributed by atoms with van der Waals surface area (Å²) in [5, 5.41) is 18.3. The van der Waals surface area contributed by atoms with Crippen LogP contribution in [0.2, 0.25) is 5.02 Å². The first kappa shape index (κ1) is 18.7. The summed E-state index contributed by atoms with van der Waals surface area (Å²) in [6.07, 6.45) is -0.392. The largest absolute Gasteiger partial charge is 0.550 e. The van der Waals surface area contributed by atoms with Gasteiger partial charge in [0.15, 0.2) is 0 Å². The van der Waals surface area contributed by atoms with Gasteiger partial charge >= 0.3 is 0 Å². The van der Waals surface area contributed by atoms with E-state index in [0.717, 1.165) is 5.56 Å². The first-order valence-corrected chi connectivity index (χ1v) is 8.61. The van der Waals surface area contributed by atoms with E-state index in [1.807, 2.05) is 30.3 Å². The van der Waals surface area contributed by atoms with Gasteiger partial charge in [-0.2, -0.15) is 0 Å². The van der Waals surface area contributed by atoms with Gasteiger partial charge in [0.2, 0.25) is 0 Å². The van der Waals surface area contributed by atoms with Crippen LogP contribution in [0.15, 0.2) is 59.1 Å². The Balaban J connectivity index is 1.93. The van der Waals surface area contributed by atoms with E-state index in [4.69, 9.17) is 16.1 Å². The monoisotopic (exact) mass is 383 g/mol. The number of carbonyl (C=O) groups is 2. The number of amides is 1. The van der Waals surface area contributed by atoms with Crippen molar-refractivity contribution < 1.29 is 19.2 Å². The van der Waals surface area contributed by atoms with Crippen molar-refractivity contribution in [1.29, 1.82) is 0 Å². The van der Waals surface area contributed by atoms with E-state index in [2.05, 4.69) is 10.5 Å². The van der Waals surface area contributed by atoms with Crippen molar-refractivity contribution in [2.75, 3.05) is 0 Å². The number of carboxylic acids is 1. The zero-order valence-corrected chi connectivity index (χ0v) is 15.2. The molecule has 0 unspecified atom stereocenters. The maximum absolute atomic E-state index is 12.9. The van der Waals surface area contributed by atoms with Crippen molar-refractivity contribution in [3.63, 3.8) is 0 Å². The smallest absolute Gasteiger partial charge is 0.257 e. The average molecular weight is 384 g/mol. The van der Waals surface area contributed by atoms with Crippen molar-refractivity contribution in [3.05, 3.63) is 76.5 Å². The summed E-state index contributed by atoms with van der Waals surface area (Å²) in [6, 6.07) is 15.0. The average Bonchev–Trinajstić information content (AvgIpc) is 3.03. The molecule has 3 rings (SSSR count). The topological polar surface area (TPSA) is 95.3 Å². The van der Waals surface area contributed by atoms with Crippen LogP contribution in [-0.2, 0) is 4.79 Å². The zero-order chi connectivity index (χ0) is 19.4. The van der Waals surface area contributed by atoms with Gasteiger partial charge in [0.25, 0.3) is 5.91 Å². The van der Waals surface area contributed by atoms with E-state index in [1.165, 1.54) is 0 Å². The van der Waals surface area contributed by atoms with E-state index in [-0.39, 0.29) is 5.56 Å². The first-order chi connectivity index (χ1) is 13.0. The number of benzene rings is 2. The number of hydrogen-bond donors (Lipinski definition) is 1. The molecule has 1 aromatic heterocycles. The molecule has 0 bridgehead atoms. The van der Waals surface area contributed by atoms with E-state index in [1.54, 1.807) is 31.2 Å². The standard InChI is InChI=1S/C20H17ClN2O4/c1-12-18(19(23-27-12)13-6-3-2-4-7-13)20(26)22-16(11-17(24)25)14-8-5-9-15(21)10-14/h2-10,16H,11H2,1H3,(H,22,26)(H,24,25)/p-1/t16-/m1/s1. The zero-order valence-electron chi connectivity index (χ0n) is 14.4. The number of nitrogens with one attached hydrogen (secondary N) is 1. The Labute approximate surface area is 160 Å². The number of aliphatic carboxylic acids is 1. The highest BCUT2D eigenvalue weighted by molar-refractivity contribution is 6.30. The molecule has 0 fully saturated rings. The molecule has 1 N–H and O–H groups in total. The van der Waals surface area contributed by atoms with Crippen LogP contribution < -0.4 is 10.4 Å². The molecular weight excluding hydrogens is 368 g/mol. The van der Waals surface area contributed by atoms with Gasteiger partial charge < -0.3 is 19.7 Å². The lowest BCUT2D eigenvalue weighted by molar-refractivity contribution is -0.306. The van der Waals surface area contributed by atoms with Crippen LogP contribution in [-0.4, -0.2) is 17.0 Å². The summed E-state index contributed by atoms with van der Waals surface area (Å²) in [5.74, 6) is -1.44. The van der Waals surface area contributed by atoms with Crippen LogP contribution in [0.3, 0.4) is 0 Å². The third-order valence-electron chi connectivity index (χ3n) is 4.06. The number of aryl methyl sites for hydroxylation is 1. The van der Waals surface area contributed by atoms with Gasteiger partial charge in [-0.25, -0.2) is 0 Å². The van der Waals surface area contributed by atoms with E-state index < -0.39 is 24.3 Å². The fraction of sp³-hybridized carbons (Fsp3) is 0.150. The van der Waals surface area contributed by atoms with Gasteiger partial charge in [0.05, 0.1) is 6.04 Å². The number of aromatic nitrogens is 1. The molecule has 0 saturated carbocycles. The molecule has 1 heterocycles. The fourth-order valence-corrected chi connectivity index (χ4v) is 3.00. The number of halogens is 1. The molecule has 0 spiro atoms. The fourth-order valence-electron chi connectivity index (χ4n) is 2.81. The highest BCUT2D eigenvalue weighted by atomic mass is 35.5. The molecule has 27 heavy (non-hydrogen) atoms. The Bertz CT molecular complexity index is 969. The number of rotatable bonds is 6. The molecule has 0 saturated heterocycles. The lowest BCUT2D eigenvalue weighted by atomic mass is 10.0. The third kappa shape index (κ3) is 4.35. The van der Waals surface area contributed by atoms with Crippen LogP contribution >= 0.6 is 11.6 Å². The van der Waals surface area contributed by atoms with Crippen molar-refractivity contribution in [1.82, 2.24) is 10.5 Å². The minimum atomic E-state index is -1.29. The molecule has 0 aliphatic heterocycles. The predicted octanol–water partition coefficient (Wildman–Crippen LogP) is 2.91. The lowest BCUT2D eigenvalue weighted by Crippen LogP contribution is -2.34. The van der Waals surface area contributed by atoms with Crippen LogP contribution in [0, 0.1) is 6.92 Å². The summed E-state index contributed by atoms with van der Waals surface area (Å²) in [6.45, 7) is 1.63. The SMILES string of the molecule is Cc1onc(-c2ccccc2)c1C(=O)N[C@H](CC(=O)[O-])c1cccc(Cl)c1. The van der Waals surface area contributed by atoms with Crippen LogP contribution in [0.1, 0.15) is 34.1 Å². The van der Waals surface area contributed by atoms with Crippen molar-refractivity contribution in [3.8, 4) is 11.3 Å². The molecule has 6 nitrogen and oxygen atoms in total. The minimum Gasteiger partial charge on any atom is -0.550 e. The van der Waals surface area contributed by atoms with Crippen LogP contribution in [0.5, 0.6) is 0 Å². The second kappa shape index (κ2) is 8.05. The molecule has 138 valence electrons. The second-order valence-corrected chi connectivity index (χ2v) is 6.42. The van der Waals surface area contributed by atoms with E-state index >= 15 is 0 Å². The molecule has 0 aliphatic rings. The molecule has 7 heteroatoms. The summed E-state index contributed by atoms with van der Waals surface area (Å²) in [4.78, 5) is 24.1. The third-order valence-corrected chi connectivity index (χ3v) is 4.30. The van der Waals surface area contributed by atoms with Crippen LogP contribution in [0.25, 0.3) is 11.3 Å². The number of carboxylic acid groups (broad SMARTS) is 1. The normalized spacial score (nSPS) is 11.8. The van der Waals surface area contributed by atoms with Crippen molar-refractivity contribution >= 4 is 23.5 Å².